The lowest BCUT2D eigenvalue weighted by atomic mass is 10.0. The summed E-state index contributed by atoms with van der Waals surface area (Å²) in [5, 5.41) is 3.89. The van der Waals surface area contributed by atoms with E-state index in [2.05, 4.69) is 12.2 Å². The quantitative estimate of drug-likeness (QED) is 0.785. The SMILES string of the molecule is CCCNCc1cc(-c2ccccc2Cl)ccc1F. The second kappa shape index (κ2) is 6.69. The molecule has 2 aromatic rings. The van der Waals surface area contributed by atoms with Gasteiger partial charge in [0.1, 0.15) is 5.82 Å². The molecule has 0 saturated heterocycles. The Morgan fingerprint density at radius 2 is 1.95 bits per heavy atom. The van der Waals surface area contributed by atoms with Gasteiger partial charge < -0.3 is 5.32 Å². The predicted molar refractivity (Wildman–Crippen MR) is 78.8 cm³/mol. The van der Waals surface area contributed by atoms with Gasteiger partial charge in [0, 0.05) is 22.7 Å². The Morgan fingerprint density at radius 1 is 1.16 bits per heavy atom. The highest BCUT2D eigenvalue weighted by Crippen LogP contribution is 2.28. The van der Waals surface area contributed by atoms with Gasteiger partial charge >= 0.3 is 0 Å². The van der Waals surface area contributed by atoms with E-state index in [-0.39, 0.29) is 5.82 Å². The van der Waals surface area contributed by atoms with Gasteiger partial charge in [0.05, 0.1) is 0 Å². The van der Waals surface area contributed by atoms with Gasteiger partial charge in [0.15, 0.2) is 0 Å². The van der Waals surface area contributed by atoms with Crippen molar-refractivity contribution in [2.75, 3.05) is 6.54 Å². The van der Waals surface area contributed by atoms with Gasteiger partial charge in [0.2, 0.25) is 0 Å². The van der Waals surface area contributed by atoms with Gasteiger partial charge in [-0.05, 0) is 36.7 Å². The molecular weight excluding hydrogens is 261 g/mol. The molecular formula is C16H17ClFN. The van der Waals surface area contributed by atoms with Crippen LogP contribution in [0.4, 0.5) is 4.39 Å². The van der Waals surface area contributed by atoms with Crippen LogP contribution in [0.5, 0.6) is 0 Å². The van der Waals surface area contributed by atoms with E-state index >= 15 is 0 Å². The third-order valence-corrected chi connectivity index (χ3v) is 3.30. The second-order valence-electron chi connectivity index (χ2n) is 4.46. The Hall–Kier alpha value is -1.38. The maximum Gasteiger partial charge on any atom is 0.127 e. The van der Waals surface area contributed by atoms with E-state index in [0.717, 1.165) is 24.1 Å². The summed E-state index contributed by atoms with van der Waals surface area (Å²) in [6.45, 7) is 3.51. The van der Waals surface area contributed by atoms with Crippen molar-refractivity contribution in [3.8, 4) is 11.1 Å². The van der Waals surface area contributed by atoms with E-state index in [0.29, 0.717) is 17.1 Å². The largest absolute Gasteiger partial charge is 0.313 e. The van der Waals surface area contributed by atoms with Crippen LogP contribution in [0.15, 0.2) is 42.5 Å². The molecule has 1 nitrogen and oxygen atoms in total. The monoisotopic (exact) mass is 277 g/mol. The van der Waals surface area contributed by atoms with Gasteiger partial charge in [0.25, 0.3) is 0 Å². The van der Waals surface area contributed by atoms with E-state index in [1.807, 2.05) is 30.3 Å². The first-order chi connectivity index (χ1) is 9.22. The molecule has 19 heavy (non-hydrogen) atoms. The molecule has 0 saturated carbocycles. The smallest absolute Gasteiger partial charge is 0.127 e. The first-order valence-electron chi connectivity index (χ1n) is 6.46. The van der Waals surface area contributed by atoms with Crippen LogP contribution in [0, 0.1) is 5.82 Å². The molecule has 0 aliphatic carbocycles. The molecule has 0 radical (unpaired) electrons. The Bertz CT molecular complexity index is 554. The molecule has 0 aliphatic heterocycles. The minimum Gasteiger partial charge on any atom is -0.313 e. The molecule has 3 heteroatoms. The first kappa shape index (κ1) is 14.0. The first-order valence-corrected chi connectivity index (χ1v) is 6.84. The minimum atomic E-state index is -0.181. The number of halogens is 2. The lowest BCUT2D eigenvalue weighted by Gasteiger charge is -2.09. The second-order valence-corrected chi connectivity index (χ2v) is 4.87. The highest BCUT2D eigenvalue weighted by atomic mass is 35.5. The number of hydrogen-bond acceptors (Lipinski definition) is 1. The van der Waals surface area contributed by atoms with E-state index in [1.54, 1.807) is 6.07 Å². The third-order valence-electron chi connectivity index (χ3n) is 2.97. The van der Waals surface area contributed by atoms with Gasteiger partial charge in [-0.25, -0.2) is 4.39 Å². The van der Waals surface area contributed by atoms with Crippen LogP contribution in [0.25, 0.3) is 11.1 Å². The standard InChI is InChI=1S/C16H17ClFN/c1-2-9-19-11-13-10-12(7-8-16(13)18)14-5-3-4-6-15(14)17/h3-8,10,19H,2,9,11H2,1H3. The molecule has 100 valence electrons. The zero-order valence-corrected chi connectivity index (χ0v) is 11.7. The summed E-state index contributed by atoms with van der Waals surface area (Å²) in [7, 11) is 0. The van der Waals surface area contributed by atoms with Crippen LogP contribution in [0.1, 0.15) is 18.9 Å². The highest BCUT2D eigenvalue weighted by Gasteiger charge is 2.07. The molecule has 0 heterocycles. The van der Waals surface area contributed by atoms with E-state index < -0.39 is 0 Å². The van der Waals surface area contributed by atoms with Gasteiger partial charge in [-0.1, -0.05) is 42.8 Å². The normalized spacial score (nSPS) is 10.7. The zero-order chi connectivity index (χ0) is 13.7. The Balaban J connectivity index is 2.28. The fourth-order valence-corrected chi connectivity index (χ4v) is 2.22. The van der Waals surface area contributed by atoms with Gasteiger partial charge in [-0.3, -0.25) is 0 Å². The van der Waals surface area contributed by atoms with Crippen molar-refractivity contribution in [1.82, 2.24) is 5.32 Å². The Morgan fingerprint density at radius 3 is 2.68 bits per heavy atom. The molecule has 0 unspecified atom stereocenters. The lowest BCUT2D eigenvalue weighted by molar-refractivity contribution is 0.587. The highest BCUT2D eigenvalue weighted by molar-refractivity contribution is 6.33. The van der Waals surface area contributed by atoms with Crippen LogP contribution in [-0.4, -0.2) is 6.54 Å². The molecule has 0 bridgehead atoms. The maximum atomic E-state index is 13.7. The molecule has 0 fully saturated rings. The van der Waals surface area contributed by atoms with Crippen LogP contribution in [0.2, 0.25) is 5.02 Å². The van der Waals surface area contributed by atoms with Gasteiger partial charge in [-0.15, -0.1) is 0 Å². The zero-order valence-electron chi connectivity index (χ0n) is 10.9. The van der Waals surface area contributed by atoms with Crippen LogP contribution < -0.4 is 5.32 Å². The fraction of sp³-hybridized carbons (Fsp3) is 0.250. The summed E-state index contributed by atoms with van der Waals surface area (Å²) in [5.41, 5.74) is 2.55. The van der Waals surface area contributed by atoms with Crippen molar-refractivity contribution in [1.29, 1.82) is 0 Å². The van der Waals surface area contributed by atoms with Crippen molar-refractivity contribution in [2.24, 2.45) is 0 Å². The fourth-order valence-electron chi connectivity index (χ4n) is 1.97. The van der Waals surface area contributed by atoms with Crippen molar-refractivity contribution < 1.29 is 4.39 Å². The lowest BCUT2D eigenvalue weighted by Crippen LogP contribution is -2.14. The summed E-state index contributed by atoms with van der Waals surface area (Å²) < 4.78 is 13.7. The number of hydrogen-bond donors (Lipinski definition) is 1. The van der Waals surface area contributed by atoms with Crippen LogP contribution >= 0.6 is 11.6 Å². The summed E-state index contributed by atoms with van der Waals surface area (Å²) in [4.78, 5) is 0. The number of rotatable bonds is 5. The third kappa shape index (κ3) is 3.55. The molecule has 2 aromatic carbocycles. The average molecular weight is 278 g/mol. The van der Waals surface area contributed by atoms with Crippen LogP contribution in [0.3, 0.4) is 0 Å². The summed E-state index contributed by atoms with van der Waals surface area (Å²) in [6, 6.07) is 12.7. The molecule has 1 N–H and O–H groups in total. The van der Waals surface area contributed by atoms with Crippen molar-refractivity contribution >= 4 is 11.6 Å². The van der Waals surface area contributed by atoms with Gasteiger partial charge in [-0.2, -0.15) is 0 Å². The number of benzene rings is 2. The van der Waals surface area contributed by atoms with Crippen molar-refractivity contribution in [2.45, 2.75) is 19.9 Å². The Labute approximate surface area is 118 Å². The van der Waals surface area contributed by atoms with Crippen molar-refractivity contribution in [3.63, 3.8) is 0 Å². The molecule has 0 spiro atoms. The molecule has 0 aromatic heterocycles. The molecule has 0 amide bonds. The molecule has 0 atom stereocenters. The van der Waals surface area contributed by atoms with Crippen LogP contribution in [-0.2, 0) is 6.54 Å². The van der Waals surface area contributed by atoms with E-state index in [4.69, 9.17) is 11.6 Å². The van der Waals surface area contributed by atoms with E-state index in [9.17, 15) is 4.39 Å². The molecule has 0 aliphatic rings. The number of nitrogens with one attached hydrogen (secondary N) is 1. The minimum absolute atomic E-state index is 0.181. The topological polar surface area (TPSA) is 12.0 Å². The summed E-state index contributed by atoms with van der Waals surface area (Å²) >= 11 is 6.17. The summed E-state index contributed by atoms with van der Waals surface area (Å²) in [6.07, 6.45) is 1.03. The Kier molecular flexibility index (Phi) is 4.94. The maximum absolute atomic E-state index is 13.7. The average Bonchev–Trinajstić information content (AvgIpc) is 2.42. The predicted octanol–water partition coefficient (Wildman–Crippen LogP) is 4.65. The summed E-state index contributed by atoms with van der Waals surface area (Å²) in [5.74, 6) is -0.181. The molecule has 2 rings (SSSR count). The van der Waals surface area contributed by atoms with E-state index in [1.165, 1.54) is 6.07 Å². The van der Waals surface area contributed by atoms with Crippen molar-refractivity contribution in [3.05, 3.63) is 58.9 Å².